The van der Waals surface area contributed by atoms with Gasteiger partial charge in [-0.05, 0) is 24.9 Å². The molecule has 0 radical (unpaired) electrons. The van der Waals surface area contributed by atoms with Crippen LogP contribution in [0.15, 0.2) is 39.6 Å². The minimum absolute atomic E-state index is 0.0143. The Labute approximate surface area is 144 Å². The molecule has 2 aromatic rings. The van der Waals surface area contributed by atoms with Crippen molar-refractivity contribution >= 4 is 5.91 Å². The number of carbonyl (C=O) groups excluding carboxylic acids is 1. The maximum absolute atomic E-state index is 12.1. The van der Waals surface area contributed by atoms with Crippen molar-refractivity contribution in [2.45, 2.75) is 38.0 Å². The number of amides is 1. The van der Waals surface area contributed by atoms with Crippen LogP contribution in [-0.2, 0) is 17.9 Å². The lowest BCUT2D eigenvalue weighted by molar-refractivity contribution is -0.129. The van der Waals surface area contributed by atoms with Gasteiger partial charge in [0.1, 0.15) is 0 Å². The van der Waals surface area contributed by atoms with E-state index in [2.05, 4.69) is 37.0 Å². The number of β-amino-alcohol motifs (C(OH)–C–C–N with tert-alkyl or cyclic N) is 1. The first-order valence-electron chi connectivity index (χ1n) is 8.33. The number of benzene rings is 1. The monoisotopic (exact) mass is 346 g/mol. The summed E-state index contributed by atoms with van der Waals surface area (Å²) >= 11 is 0. The number of nitrogens with zero attached hydrogens (tertiary/aromatic N) is 2. The van der Waals surface area contributed by atoms with E-state index < -0.39 is 11.4 Å². The topological polar surface area (TPSA) is 111 Å². The summed E-state index contributed by atoms with van der Waals surface area (Å²) in [6.45, 7) is 2.18. The Bertz CT molecular complexity index is 757. The van der Waals surface area contributed by atoms with Gasteiger partial charge in [-0.2, -0.15) is 0 Å². The number of hydrogen-bond acceptors (Lipinski definition) is 6. The number of carbonyl (C=O) groups is 1. The Morgan fingerprint density at radius 3 is 2.92 bits per heavy atom. The van der Waals surface area contributed by atoms with Gasteiger partial charge in [0, 0.05) is 13.1 Å². The number of hydrogen-bond donors (Lipinski definition) is 3. The fourth-order valence-corrected chi connectivity index (χ4v) is 3.21. The van der Waals surface area contributed by atoms with Crippen molar-refractivity contribution in [2.75, 3.05) is 13.1 Å². The molecule has 1 aromatic carbocycles. The Morgan fingerprint density at radius 1 is 1.40 bits per heavy atom. The van der Waals surface area contributed by atoms with Gasteiger partial charge in [-0.1, -0.05) is 35.5 Å². The lowest BCUT2D eigenvalue weighted by atomic mass is 9.89. The van der Waals surface area contributed by atoms with E-state index in [1.165, 1.54) is 5.56 Å². The normalized spacial score (nSPS) is 21.2. The summed E-state index contributed by atoms with van der Waals surface area (Å²) in [5, 5.41) is 16.9. The fourth-order valence-electron chi connectivity index (χ4n) is 3.21. The quantitative estimate of drug-likeness (QED) is 0.698. The third-order valence-electron chi connectivity index (χ3n) is 4.31. The van der Waals surface area contributed by atoms with Crippen LogP contribution in [0.5, 0.6) is 0 Å². The van der Waals surface area contributed by atoms with Crippen molar-refractivity contribution in [1.82, 2.24) is 20.4 Å². The fraction of sp³-hybridized carbons (Fsp3) is 0.471. The number of likely N-dealkylation sites (tertiary alicyclic amines) is 1. The van der Waals surface area contributed by atoms with Gasteiger partial charge >= 0.3 is 5.76 Å². The van der Waals surface area contributed by atoms with Crippen molar-refractivity contribution in [2.24, 2.45) is 0 Å². The summed E-state index contributed by atoms with van der Waals surface area (Å²) in [5.74, 6) is -0.695. The molecule has 134 valence electrons. The highest BCUT2D eigenvalue weighted by atomic mass is 16.5. The van der Waals surface area contributed by atoms with Crippen LogP contribution in [0.3, 0.4) is 0 Å². The number of rotatable bonds is 6. The molecule has 1 aliphatic rings. The van der Waals surface area contributed by atoms with Crippen molar-refractivity contribution < 1.29 is 14.4 Å². The molecular weight excluding hydrogens is 324 g/mol. The van der Waals surface area contributed by atoms with Crippen LogP contribution in [0.25, 0.3) is 0 Å². The summed E-state index contributed by atoms with van der Waals surface area (Å²) in [6.07, 6.45) is 1.44. The lowest BCUT2D eigenvalue weighted by Gasteiger charge is -2.39. The number of aromatic nitrogens is 2. The zero-order valence-corrected chi connectivity index (χ0v) is 13.9. The second-order valence-corrected chi connectivity index (χ2v) is 6.52. The SMILES string of the molecule is O=C(CC1(O)CCCN(Cc2ccccc2)C1)NCc1noc(=O)[nH]1. The van der Waals surface area contributed by atoms with Crippen LogP contribution in [0.1, 0.15) is 30.7 Å². The van der Waals surface area contributed by atoms with Gasteiger partial charge in [0.15, 0.2) is 5.82 Å². The largest absolute Gasteiger partial charge is 0.438 e. The van der Waals surface area contributed by atoms with Crippen LogP contribution in [-0.4, -0.2) is 44.7 Å². The molecule has 25 heavy (non-hydrogen) atoms. The van der Waals surface area contributed by atoms with Gasteiger partial charge < -0.3 is 10.4 Å². The van der Waals surface area contributed by atoms with Crippen LogP contribution >= 0.6 is 0 Å². The molecule has 1 saturated heterocycles. The molecule has 2 heterocycles. The minimum Gasteiger partial charge on any atom is -0.388 e. The smallest absolute Gasteiger partial charge is 0.388 e. The molecule has 8 nitrogen and oxygen atoms in total. The van der Waals surface area contributed by atoms with Crippen molar-refractivity contribution in [3.05, 3.63) is 52.3 Å². The molecular formula is C17H22N4O4. The number of aliphatic hydroxyl groups is 1. The molecule has 1 atom stereocenters. The predicted molar refractivity (Wildman–Crippen MR) is 89.5 cm³/mol. The third kappa shape index (κ3) is 5.01. The van der Waals surface area contributed by atoms with E-state index in [9.17, 15) is 14.7 Å². The van der Waals surface area contributed by atoms with Crippen LogP contribution in [0, 0.1) is 0 Å². The van der Waals surface area contributed by atoms with E-state index in [4.69, 9.17) is 0 Å². The van der Waals surface area contributed by atoms with Crippen LogP contribution in [0.4, 0.5) is 0 Å². The standard InChI is InChI=1S/C17H22N4O4/c22-15(18-10-14-19-16(23)25-20-14)9-17(24)7-4-8-21(12-17)11-13-5-2-1-3-6-13/h1-3,5-6,24H,4,7-12H2,(H,18,22)(H,19,20,23). The highest BCUT2D eigenvalue weighted by Crippen LogP contribution is 2.25. The summed E-state index contributed by atoms with van der Waals surface area (Å²) in [6, 6.07) is 10.1. The average Bonchev–Trinajstić information content (AvgIpc) is 2.99. The molecule has 0 aliphatic carbocycles. The van der Waals surface area contributed by atoms with Crippen LogP contribution in [0.2, 0.25) is 0 Å². The van der Waals surface area contributed by atoms with E-state index in [1.54, 1.807) is 0 Å². The Balaban J connectivity index is 1.51. The second kappa shape index (κ2) is 7.62. The van der Waals surface area contributed by atoms with Gasteiger partial charge in [0.2, 0.25) is 5.91 Å². The Hall–Kier alpha value is -2.45. The first kappa shape index (κ1) is 17.4. The Kier molecular flexibility index (Phi) is 5.30. The van der Waals surface area contributed by atoms with Crippen molar-refractivity contribution in [1.29, 1.82) is 0 Å². The van der Waals surface area contributed by atoms with Gasteiger partial charge in [-0.25, -0.2) is 4.79 Å². The maximum Gasteiger partial charge on any atom is 0.438 e. The highest BCUT2D eigenvalue weighted by Gasteiger charge is 2.35. The third-order valence-corrected chi connectivity index (χ3v) is 4.31. The van der Waals surface area contributed by atoms with E-state index in [0.717, 1.165) is 19.5 Å². The van der Waals surface area contributed by atoms with E-state index in [1.807, 2.05) is 18.2 Å². The molecule has 0 bridgehead atoms. The maximum atomic E-state index is 12.1. The number of nitrogens with one attached hydrogen (secondary N) is 2. The van der Waals surface area contributed by atoms with Gasteiger partial charge in [0.05, 0.1) is 18.6 Å². The summed E-state index contributed by atoms with van der Waals surface area (Å²) in [4.78, 5) is 27.5. The molecule has 8 heteroatoms. The van der Waals surface area contributed by atoms with Crippen molar-refractivity contribution in [3.63, 3.8) is 0 Å². The summed E-state index contributed by atoms with van der Waals surface area (Å²) in [5.41, 5.74) is 0.139. The molecule has 0 saturated carbocycles. The molecule has 1 amide bonds. The highest BCUT2D eigenvalue weighted by molar-refractivity contribution is 5.77. The molecule has 1 unspecified atom stereocenters. The Morgan fingerprint density at radius 2 is 2.20 bits per heavy atom. The van der Waals surface area contributed by atoms with Crippen LogP contribution < -0.4 is 11.1 Å². The predicted octanol–water partition coefficient (Wildman–Crippen LogP) is 0.396. The number of aromatic amines is 1. The zero-order valence-electron chi connectivity index (χ0n) is 13.9. The first-order chi connectivity index (χ1) is 12.0. The van der Waals surface area contributed by atoms with Gasteiger partial charge in [-0.3, -0.25) is 19.2 Å². The number of piperidine rings is 1. The van der Waals surface area contributed by atoms with Gasteiger partial charge in [-0.15, -0.1) is 0 Å². The first-order valence-corrected chi connectivity index (χ1v) is 8.33. The van der Waals surface area contributed by atoms with Crippen molar-refractivity contribution in [3.8, 4) is 0 Å². The summed E-state index contributed by atoms with van der Waals surface area (Å²) in [7, 11) is 0. The van der Waals surface area contributed by atoms with Gasteiger partial charge in [0.25, 0.3) is 0 Å². The lowest BCUT2D eigenvalue weighted by Crippen LogP contribution is -2.50. The van der Waals surface area contributed by atoms with E-state index in [-0.39, 0.29) is 24.7 Å². The minimum atomic E-state index is -1.05. The molecule has 1 aliphatic heterocycles. The van der Waals surface area contributed by atoms with E-state index >= 15 is 0 Å². The summed E-state index contributed by atoms with van der Waals surface area (Å²) < 4.78 is 4.37. The second-order valence-electron chi connectivity index (χ2n) is 6.52. The number of H-pyrrole nitrogens is 1. The average molecular weight is 346 g/mol. The zero-order chi connectivity index (χ0) is 17.7. The molecule has 1 fully saturated rings. The molecule has 3 N–H and O–H groups in total. The van der Waals surface area contributed by atoms with E-state index in [0.29, 0.717) is 13.0 Å². The molecule has 0 spiro atoms. The molecule has 1 aromatic heterocycles. The molecule has 3 rings (SSSR count).